The molecule has 0 radical (unpaired) electrons. The molecule has 2 nitrogen and oxygen atoms in total. The fourth-order valence-electron chi connectivity index (χ4n) is 4.10. The average molecular weight is 253 g/mol. The summed E-state index contributed by atoms with van der Waals surface area (Å²) >= 11 is 0. The van der Waals surface area contributed by atoms with Crippen LogP contribution in [0.15, 0.2) is 0 Å². The third-order valence-corrected chi connectivity index (χ3v) is 4.93. The van der Waals surface area contributed by atoms with Crippen LogP contribution in [0.5, 0.6) is 0 Å². The fourth-order valence-corrected chi connectivity index (χ4v) is 4.10. The normalized spacial score (nSPS) is 37.3. The maximum absolute atomic E-state index is 9.40. The van der Waals surface area contributed by atoms with Gasteiger partial charge in [0.25, 0.3) is 0 Å². The van der Waals surface area contributed by atoms with E-state index in [9.17, 15) is 5.11 Å². The van der Waals surface area contributed by atoms with E-state index in [-0.39, 0.29) is 0 Å². The number of aliphatic hydroxyl groups is 1. The summed E-state index contributed by atoms with van der Waals surface area (Å²) in [6.45, 7) is 5.06. The summed E-state index contributed by atoms with van der Waals surface area (Å²) in [7, 11) is 0. The van der Waals surface area contributed by atoms with Gasteiger partial charge in [0, 0.05) is 18.7 Å². The highest BCUT2D eigenvalue weighted by Crippen LogP contribution is 2.32. The predicted octanol–water partition coefficient (Wildman–Crippen LogP) is 3.34. The van der Waals surface area contributed by atoms with E-state index in [1.54, 1.807) is 0 Å². The number of nitrogens with one attached hydrogen (secondary N) is 1. The SMILES string of the molecule is CC(C)CC1CCCC(NC2CCCC2CO)C1. The van der Waals surface area contributed by atoms with Crippen molar-refractivity contribution in [2.75, 3.05) is 6.61 Å². The Bertz CT molecular complexity index is 241. The highest BCUT2D eigenvalue weighted by atomic mass is 16.3. The van der Waals surface area contributed by atoms with Crippen LogP contribution in [0, 0.1) is 17.8 Å². The Morgan fingerprint density at radius 2 is 1.89 bits per heavy atom. The van der Waals surface area contributed by atoms with E-state index in [0.29, 0.717) is 18.6 Å². The van der Waals surface area contributed by atoms with E-state index in [1.165, 1.54) is 51.4 Å². The second-order valence-electron chi connectivity index (χ2n) is 7.01. The zero-order valence-electron chi connectivity index (χ0n) is 12.2. The lowest BCUT2D eigenvalue weighted by atomic mass is 9.80. The third-order valence-electron chi connectivity index (χ3n) is 4.93. The molecule has 2 fully saturated rings. The monoisotopic (exact) mass is 253 g/mol. The van der Waals surface area contributed by atoms with Crippen molar-refractivity contribution >= 4 is 0 Å². The second kappa shape index (κ2) is 6.91. The summed E-state index contributed by atoms with van der Waals surface area (Å²) in [6, 6.07) is 1.32. The second-order valence-corrected chi connectivity index (χ2v) is 7.01. The molecule has 2 saturated carbocycles. The first-order valence-electron chi connectivity index (χ1n) is 8.06. The van der Waals surface area contributed by atoms with Gasteiger partial charge in [-0.15, -0.1) is 0 Å². The molecule has 2 heteroatoms. The van der Waals surface area contributed by atoms with Crippen LogP contribution >= 0.6 is 0 Å². The van der Waals surface area contributed by atoms with Gasteiger partial charge in [-0.1, -0.05) is 33.1 Å². The molecular weight excluding hydrogens is 222 g/mol. The van der Waals surface area contributed by atoms with Crippen LogP contribution in [0.1, 0.15) is 65.2 Å². The molecule has 106 valence electrons. The topological polar surface area (TPSA) is 32.3 Å². The molecular formula is C16H31NO. The van der Waals surface area contributed by atoms with Gasteiger partial charge in [-0.05, 0) is 49.9 Å². The molecule has 0 aromatic rings. The van der Waals surface area contributed by atoms with E-state index < -0.39 is 0 Å². The minimum atomic E-state index is 0.375. The quantitative estimate of drug-likeness (QED) is 0.787. The van der Waals surface area contributed by atoms with E-state index in [4.69, 9.17) is 0 Å². The summed E-state index contributed by atoms with van der Waals surface area (Å²) in [5.74, 6) is 2.30. The Labute approximate surface area is 113 Å². The van der Waals surface area contributed by atoms with Gasteiger partial charge in [-0.25, -0.2) is 0 Å². The summed E-state index contributed by atoms with van der Waals surface area (Å²) < 4.78 is 0. The van der Waals surface area contributed by atoms with Crippen LogP contribution in [0.4, 0.5) is 0 Å². The molecule has 2 aliphatic carbocycles. The van der Waals surface area contributed by atoms with Crippen molar-refractivity contribution in [3.8, 4) is 0 Å². The van der Waals surface area contributed by atoms with Crippen molar-refractivity contribution in [1.29, 1.82) is 0 Å². The summed E-state index contributed by atoms with van der Waals surface area (Å²) in [4.78, 5) is 0. The van der Waals surface area contributed by atoms with Gasteiger partial charge in [0.05, 0.1) is 0 Å². The number of hydrogen-bond acceptors (Lipinski definition) is 2. The summed E-state index contributed by atoms with van der Waals surface area (Å²) in [6.07, 6.45) is 10.7. The molecule has 18 heavy (non-hydrogen) atoms. The maximum atomic E-state index is 9.40. The van der Waals surface area contributed by atoms with Crippen LogP contribution < -0.4 is 5.32 Å². The van der Waals surface area contributed by atoms with Gasteiger partial charge >= 0.3 is 0 Å². The van der Waals surface area contributed by atoms with Crippen LogP contribution in [0.3, 0.4) is 0 Å². The first kappa shape index (κ1) is 14.3. The Hall–Kier alpha value is -0.0800. The van der Waals surface area contributed by atoms with Crippen LogP contribution in [0.2, 0.25) is 0 Å². The molecule has 0 aromatic heterocycles. The minimum absolute atomic E-state index is 0.375. The Morgan fingerprint density at radius 1 is 1.11 bits per heavy atom. The minimum Gasteiger partial charge on any atom is -0.396 e. The summed E-state index contributed by atoms with van der Waals surface area (Å²) in [5.41, 5.74) is 0. The Kier molecular flexibility index (Phi) is 5.50. The number of aliphatic hydroxyl groups excluding tert-OH is 1. The molecule has 4 unspecified atom stereocenters. The lowest BCUT2D eigenvalue weighted by Crippen LogP contribution is -2.43. The lowest BCUT2D eigenvalue weighted by molar-refractivity contribution is 0.180. The first-order valence-corrected chi connectivity index (χ1v) is 8.06. The molecule has 0 bridgehead atoms. The molecule has 0 amide bonds. The molecule has 0 aromatic carbocycles. The predicted molar refractivity (Wildman–Crippen MR) is 76.6 cm³/mol. The molecule has 0 saturated heterocycles. The van der Waals surface area contributed by atoms with Crippen molar-refractivity contribution in [2.45, 2.75) is 77.3 Å². The maximum Gasteiger partial charge on any atom is 0.0474 e. The van der Waals surface area contributed by atoms with Crippen LogP contribution in [-0.4, -0.2) is 23.8 Å². The zero-order valence-corrected chi connectivity index (χ0v) is 12.2. The molecule has 0 aliphatic heterocycles. The molecule has 4 atom stereocenters. The van der Waals surface area contributed by atoms with E-state index >= 15 is 0 Å². The fraction of sp³-hybridized carbons (Fsp3) is 1.00. The smallest absolute Gasteiger partial charge is 0.0474 e. The molecule has 2 rings (SSSR count). The van der Waals surface area contributed by atoms with Gasteiger partial charge < -0.3 is 10.4 Å². The summed E-state index contributed by atoms with van der Waals surface area (Å²) in [5, 5.41) is 13.3. The lowest BCUT2D eigenvalue weighted by Gasteiger charge is -2.34. The standard InChI is InChI=1S/C16H31NO/c1-12(2)9-13-5-3-7-15(10-13)17-16-8-4-6-14(16)11-18/h12-18H,3-11H2,1-2H3. The highest BCUT2D eigenvalue weighted by Gasteiger charge is 2.30. The average Bonchev–Trinajstić information content (AvgIpc) is 2.76. The van der Waals surface area contributed by atoms with Gasteiger partial charge in [-0.2, -0.15) is 0 Å². The molecule has 0 spiro atoms. The molecule has 2 aliphatic rings. The van der Waals surface area contributed by atoms with Crippen molar-refractivity contribution in [1.82, 2.24) is 5.32 Å². The van der Waals surface area contributed by atoms with Crippen LogP contribution in [0.25, 0.3) is 0 Å². The third kappa shape index (κ3) is 3.96. The van der Waals surface area contributed by atoms with Gasteiger partial charge in [0.1, 0.15) is 0 Å². The van der Waals surface area contributed by atoms with Crippen molar-refractivity contribution in [3.63, 3.8) is 0 Å². The van der Waals surface area contributed by atoms with Crippen molar-refractivity contribution in [3.05, 3.63) is 0 Å². The molecule has 2 N–H and O–H groups in total. The first-order chi connectivity index (χ1) is 8.69. The van der Waals surface area contributed by atoms with Crippen molar-refractivity contribution < 1.29 is 5.11 Å². The van der Waals surface area contributed by atoms with Crippen molar-refractivity contribution in [2.24, 2.45) is 17.8 Å². The van der Waals surface area contributed by atoms with Gasteiger partial charge in [0.2, 0.25) is 0 Å². The molecule has 0 heterocycles. The van der Waals surface area contributed by atoms with E-state index in [0.717, 1.165) is 17.9 Å². The van der Waals surface area contributed by atoms with Gasteiger partial charge in [0.15, 0.2) is 0 Å². The van der Waals surface area contributed by atoms with E-state index in [2.05, 4.69) is 19.2 Å². The largest absolute Gasteiger partial charge is 0.396 e. The Balaban J connectivity index is 1.78. The zero-order chi connectivity index (χ0) is 13.0. The highest BCUT2D eigenvalue weighted by molar-refractivity contribution is 4.88. The Morgan fingerprint density at radius 3 is 2.61 bits per heavy atom. The van der Waals surface area contributed by atoms with Crippen LogP contribution in [-0.2, 0) is 0 Å². The van der Waals surface area contributed by atoms with E-state index in [1.807, 2.05) is 0 Å². The van der Waals surface area contributed by atoms with Gasteiger partial charge in [-0.3, -0.25) is 0 Å². The number of hydrogen-bond donors (Lipinski definition) is 2. The number of rotatable bonds is 5.